The third kappa shape index (κ3) is 2.12. The molecule has 0 aromatic heterocycles. The first-order valence-corrected chi connectivity index (χ1v) is 11.4. The molecule has 1 aromatic carbocycles. The van der Waals surface area contributed by atoms with Gasteiger partial charge >= 0.3 is 0 Å². The maximum absolute atomic E-state index is 2.49. The molecule has 4 atom stereocenters. The van der Waals surface area contributed by atoms with Crippen LogP contribution in [0.15, 0.2) is 69.0 Å². The molecule has 0 fully saturated rings. The molecule has 0 radical (unpaired) electrons. The van der Waals surface area contributed by atoms with Crippen LogP contribution < -0.4 is 0 Å². The number of rotatable bonds is 0. The number of aryl methyl sites for hydroxylation is 1. The summed E-state index contributed by atoms with van der Waals surface area (Å²) in [6.45, 7) is 4.52. The van der Waals surface area contributed by atoms with Gasteiger partial charge in [-0.15, -0.1) is 23.5 Å². The number of fused-ring (bicyclic) bond motifs is 8. The minimum Gasteiger partial charge on any atom is -0.120 e. The van der Waals surface area contributed by atoms with Crippen LogP contribution >= 0.6 is 23.5 Å². The third-order valence-electron chi connectivity index (χ3n) is 6.41. The van der Waals surface area contributed by atoms with E-state index < -0.39 is 0 Å². The number of thioether (sulfide) groups is 2. The summed E-state index contributed by atoms with van der Waals surface area (Å²) in [5, 5.41) is 1.20. The second-order valence-electron chi connectivity index (χ2n) is 8.18. The maximum atomic E-state index is 2.49. The quantitative estimate of drug-likeness (QED) is 0.486. The van der Waals surface area contributed by atoms with Gasteiger partial charge in [0.1, 0.15) is 0 Å². The van der Waals surface area contributed by atoms with Gasteiger partial charge in [-0.25, -0.2) is 0 Å². The van der Waals surface area contributed by atoms with Gasteiger partial charge in [-0.05, 0) is 53.9 Å². The Morgan fingerprint density at radius 3 is 2.77 bits per heavy atom. The second-order valence-corrected chi connectivity index (χ2v) is 10.5. The van der Waals surface area contributed by atoms with Gasteiger partial charge in [-0.3, -0.25) is 0 Å². The molecule has 6 rings (SSSR count). The fourth-order valence-electron chi connectivity index (χ4n) is 5.02. The summed E-state index contributed by atoms with van der Waals surface area (Å²) >= 11 is 4.29. The van der Waals surface area contributed by atoms with Crippen LogP contribution in [-0.4, -0.2) is 5.25 Å². The summed E-state index contributed by atoms with van der Waals surface area (Å²) in [6.07, 6.45) is 16.9. The van der Waals surface area contributed by atoms with Gasteiger partial charge < -0.3 is 0 Å². The van der Waals surface area contributed by atoms with E-state index in [0.29, 0.717) is 22.3 Å². The van der Waals surface area contributed by atoms with E-state index in [9.17, 15) is 0 Å². The van der Waals surface area contributed by atoms with Gasteiger partial charge in [0.15, 0.2) is 0 Å². The fourth-order valence-corrected chi connectivity index (χ4v) is 8.59. The molecular weight excluding hydrogens is 352 g/mol. The van der Waals surface area contributed by atoms with Crippen molar-refractivity contribution in [2.24, 2.45) is 11.8 Å². The average molecular weight is 375 g/mol. The number of hydrogen-bond acceptors (Lipinski definition) is 2. The first kappa shape index (κ1) is 15.7. The summed E-state index contributed by atoms with van der Waals surface area (Å²) < 4.78 is 0. The lowest BCUT2D eigenvalue weighted by Gasteiger charge is -2.28. The Bertz CT molecular complexity index is 986. The van der Waals surface area contributed by atoms with E-state index in [0.717, 1.165) is 0 Å². The van der Waals surface area contributed by atoms with Crippen LogP contribution in [0.4, 0.5) is 0 Å². The molecule has 0 saturated carbocycles. The molecule has 0 amide bonds. The van der Waals surface area contributed by atoms with E-state index >= 15 is 0 Å². The Morgan fingerprint density at radius 2 is 1.85 bits per heavy atom. The summed E-state index contributed by atoms with van der Waals surface area (Å²) in [5.41, 5.74) is 9.21. The van der Waals surface area contributed by atoms with Gasteiger partial charge in [0.05, 0.1) is 10.5 Å². The van der Waals surface area contributed by atoms with Crippen molar-refractivity contribution < 1.29 is 0 Å². The standard InChI is InChI=1S/C24H22S2/c1-13-3-5-15-7-9-17-21(19(15)11-13)25-24-18-10-8-16-6-4-14(2)12-20(16)22(18)26-23(17)24/h3,5,7-12,15,19,23-24H,4,6H2,1-2H3/t15?,19?,23?,24-/m0/s1. The molecule has 0 bridgehead atoms. The van der Waals surface area contributed by atoms with Gasteiger partial charge in [0, 0.05) is 16.7 Å². The number of hydrogen-bond donors (Lipinski definition) is 0. The van der Waals surface area contributed by atoms with Gasteiger partial charge in [-0.2, -0.15) is 0 Å². The molecule has 2 aliphatic heterocycles. The lowest BCUT2D eigenvalue weighted by Crippen LogP contribution is -2.17. The zero-order chi connectivity index (χ0) is 17.4. The van der Waals surface area contributed by atoms with E-state index in [-0.39, 0.29) is 0 Å². The molecule has 26 heavy (non-hydrogen) atoms. The van der Waals surface area contributed by atoms with Crippen molar-refractivity contribution in [3.63, 3.8) is 0 Å². The molecular formula is C24H22S2. The van der Waals surface area contributed by atoms with Gasteiger partial charge in [0.25, 0.3) is 0 Å². The first-order chi connectivity index (χ1) is 12.7. The van der Waals surface area contributed by atoms with E-state index in [2.05, 4.69) is 86.0 Å². The summed E-state index contributed by atoms with van der Waals surface area (Å²) in [4.78, 5) is 3.21. The minimum absolute atomic E-state index is 0.558. The monoisotopic (exact) mass is 374 g/mol. The third-order valence-corrected chi connectivity index (χ3v) is 9.59. The first-order valence-electron chi connectivity index (χ1n) is 9.64. The molecule has 0 saturated heterocycles. The van der Waals surface area contributed by atoms with Crippen LogP contribution in [-0.2, 0) is 6.42 Å². The Labute approximate surface area is 164 Å². The Hall–Kier alpha value is -1.38. The van der Waals surface area contributed by atoms with Crippen molar-refractivity contribution in [3.05, 3.63) is 80.8 Å². The molecule has 3 unspecified atom stereocenters. The summed E-state index contributed by atoms with van der Waals surface area (Å²) in [5.74, 6) is 1.13. The van der Waals surface area contributed by atoms with E-state index in [1.54, 1.807) is 26.5 Å². The highest BCUT2D eigenvalue weighted by atomic mass is 32.2. The van der Waals surface area contributed by atoms with Crippen molar-refractivity contribution >= 4 is 29.6 Å². The minimum atomic E-state index is 0.558. The van der Waals surface area contributed by atoms with Crippen LogP contribution in [0.1, 0.15) is 42.2 Å². The normalized spacial score (nSPS) is 33.2. The van der Waals surface area contributed by atoms with E-state index in [1.165, 1.54) is 29.6 Å². The lowest BCUT2D eigenvalue weighted by molar-refractivity contribution is 0.640. The van der Waals surface area contributed by atoms with E-state index in [1.807, 2.05) is 0 Å². The molecule has 130 valence electrons. The SMILES string of the molecule is CC1=CC2C3=C(C=CC2C=C1)C1Sc2c(ccc4c2C=C(C)CC4)[C@@H]1S3. The van der Waals surface area contributed by atoms with E-state index in [4.69, 9.17) is 0 Å². The highest BCUT2D eigenvalue weighted by Gasteiger charge is 2.46. The van der Waals surface area contributed by atoms with Crippen molar-refractivity contribution in [2.45, 2.75) is 42.1 Å². The van der Waals surface area contributed by atoms with Crippen LogP contribution in [0.2, 0.25) is 0 Å². The predicted molar refractivity (Wildman–Crippen MR) is 114 cm³/mol. The van der Waals surface area contributed by atoms with Crippen LogP contribution in [0, 0.1) is 11.8 Å². The zero-order valence-corrected chi connectivity index (χ0v) is 16.8. The average Bonchev–Trinajstić information content (AvgIpc) is 3.18. The molecule has 2 heterocycles. The number of benzene rings is 1. The lowest BCUT2D eigenvalue weighted by atomic mass is 9.80. The molecule has 1 aromatic rings. The van der Waals surface area contributed by atoms with Crippen LogP contribution in [0.5, 0.6) is 0 Å². The maximum Gasteiger partial charge on any atom is 0.0516 e. The molecule has 0 nitrogen and oxygen atoms in total. The van der Waals surface area contributed by atoms with Crippen LogP contribution in [0.3, 0.4) is 0 Å². The molecule has 3 aliphatic carbocycles. The topological polar surface area (TPSA) is 0 Å². The zero-order valence-electron chi connectivity index (χ0n) is 15.2. The molecule has 0 N–H and O–H groups in total. The van der Waals surface area contributed by atoms with Crippen molar-refractivity contribution in [1.29, 1.82) is 0 Å². The second kappa shape index (κ2) is 5.56. The molecule has 5 aliphatic rings. The van der Waals surface area contributed by atoms with Crippen molar-refractivity contribution in [2.75, 3.05) is 0 Å². The largest absolute Gasteiger partial charge is 0.120 e. The highest BCUT2D eigenvalue weighted by molar-refractivity contribution is 8.07. The van der Waals surface area contributed by atoms with Crippen molar-refractivity contribution in [3.8, 4) is 0 Å². The summed E-state index contributed by atoms with van der Waals surface area (Å²) in [7, 11) is 0. The Morgan fingerprint density at radius 1 is 0.962 bits per heavy atom. The smallest absolute Gasteiger partial charge is 0.0516 e. The molecule has 0 spiro atoms. The predicted octanol–water partition coefficient (Wildman–Crippen LogP) is 6.87. The van der Waals surface area contributed by atoms with Crippen LogP contribution in [0.25, 0.3) is 6.08 Å². The Balaban J connectivity index is 1.42. The highest BCUT2D eigenvalue weighted by Crippen LogP contribution is 2.65. The fraction of sp³-hybridized carbons (Fsp3) is 0.333. The summed E-state index contributed by atoms with van der Waals surface area (Å²) in [6, 6.07) is 4.85. The van der Waals surface area contributed by atoms with Gasteiger partial charge in [0.2, 0.25) is 0 Å². The molecule has 2 heteroatoms. The van der Waals surface area contributed by atoms with Crippen molar-refractivity contribution in [1.82, 2.24) is 0 Å². The Kier molecular flexibility index (Phi) is 3.35. The van der Waals surface area contributed by atoms with Gasteiger partial charge in [-0.1, -0.05) is 59.7 Å². The number of allylic oxidation sites excluding steroid dienone is 8.